The highest BCUT2D eigenvalue weighted by Gasteiger charge is 2.31. The summed E-state index contributed by atoms with van der Waals surface area (Å²) >= 11 is 0. The van der Waals surface area contributed by atoms with Gasteiger partial charge in [0.05, 0.1) is 19.0 Å². The Bertz CT molecular complexity index is 816. The molecule has 2 saturated carbocycles. The molecule has 2 aromatic rings. The molecule has 3 nitrogen and oxygen atoms in total. The van der Waals surface area contributed by atoms with E-state index in [0.717, 1.165) is 60.3 Å². The number of hydrogen-bond donors (Lipinski definition) is 0. The fraction of sp³-hybridized carbons (Fsp3) is 0.677. The molecule has 2 aliphatic carbocycles. The summed E-state index contributed by atoms with van der Waals surface area (Å²) in [6, 6.07) is 9.04. The molecular formula is C31H46N2O. The smallest absolute Gasteiger partial charge is 0.159 e. The summed E-state index contributed by atoms with van der Waals surface area (Å²) in [6.07, 6.45) is 23.1. The zero-order valence-corrected chi connectivity index (χ0v) is 21.7. The molecule has 34 heavy (non-hydrogen) atoms. The number of rotatable bonds is 11. The first kappa shape index (κ1) is 25.2. The Labute approximate surface area is 208 Å². The number of aromatic nitrogens is 2. The van der Waals surface area contributed by atoms with Gasteiger partial charge in [0.2, 0.25) is 0 Å². The lowest BCUT2D eigenvalue weighted by Crippen LogP contribution is -2.25. The van der Waals surface area contributed by atoms with Crippen LogP contribution in [-0.4, -0.2) is 16.6 Å². The lowest BCUT2D eigenvalue weighted by molar-refractivity contribution is 0.155. The fourth-order valence-electron chi connectivity index (χ4n) is 6.33. The Morgan fingerprint density at radius 1 is 0.735 bits per heavy atom. The van der Waals surface area contributed by atoms with Gasteiger partial charge in [-0.1, -0.05) is 83.1 Å². The first-order valence-corrected chi connectivity index (χ1v) is 14.3. The van der Waals surface area contributed by atoms with Crippen molar-refractivity contribution in [2.45, 2.75) is 110 Å². The van der Waals surface area contributed by atoms with Crippen LogP contribution in [0, 0.1) is 17.8 Å². The predicted molar refractivity (Wildman–Crippen MR) is 142 cm³/mol. The van der Waals surface area contributed by atoms with E-state index in [2.05, 4.69) is 48.1 Å². The van der Waals surface area contributed by atoms with Crippen LogP contribution in [0.5, 0.6) is 5.75 Å². The minimum atomic E-state index is 0.728. The summed E-state index contributed by atoms with van der Waals surface area (Å²) in [4.78, 5) is 9.04. The highest BCUT2D eigenvalue weighted by Crippen LogP contribution is 2.44. The third-order valence-corrected chi connectivity index (χ3v) is 8.58. The number of nitrogens with zero attached hydrogens (tertiary/aromatic N) is 2. The summed E-state index contributed by atoms with van der Waals surface area (Å²) in [5, 5.41) is 0. The van der Waals surface area contributed by atoms with Crippen molar-refractivity contribution < 1.29 is 4.74 Å². The summed E-state index contributed by atoms with van der Waals surface area (Å²) < 4.78 is 5.69. The van der Waals surface area contributed by atoms with E-state index in [0.29, 0.717) is 0 Å². The summed E-state index contributed by atoms with van der Waals surface area (Å²) in [5.41, 5.74) is 2.59. The largest absolute Gasteiger partial charge is 0.490 e. The minimum Gasteiger partial charge on any atom is -0.490 e. The molecule has 0 N–H and O–H groups in total. The van der Waals surface area contributed by atoms with E-state index in [4.69, 9.17) is 4.74 Å². The van der Waals surface area contributed by atoms with Gasteiger partial charge in [-0.3, -0.25) is 0 Å². The van der Waals surface area contributed by atoms with Crippen LogP contribution < -0.4 is 4.74 Å². The molecule has 0 amide bonds. The van der Waals surface area contributed by atoms with Crippen molar-refractivity contribution in [2.24, 2.45) is 17.8 Å². The topological polar surface area (TPSA) is 35.0 Å². The number of benzene rings is 1. The molecule has 0 spiro atoms. The molecule has 0 atom stereocenters. The van der Waals surface area contributed by atoms with Crippen LogP contribution in [0.25, 0.3) is 11.4 Å². The van der Waals surface area contributed by atoms with Crippen molar-refractivity contribution >= 4 is 0 Å². The van der Waals surface area contributed by atoms with Gasteiger partial charge >= 0.3 is 0 Å². The number of hydrogen-bond acceptors (Lipinski definition) is 3. The standard InChI is InChI=1S/C31H46N2O/c1-3-5-7-8-24-9-11-25(12-10-24)26-13-15-27(16-14-26)28-17-19-29(20-18-28)31-32-22-30(23-33-31)34-21-6-4-2/h17-20,22-27H,3-16,21H2,1-2H3/t24-,25-,26-,27-. The summed E-state index contributed by atoms with van der Waals surface area (Å²) in [7, 11) is 0. The SMILES string of the molecule is CCCCC[C@H]1CC[C@H]([C@H]2CC[C@H](c3ccc(-c4ncc(OCCCC)cn4)cc3)CC2)CC1. The van der Waals surface area contributed by atoms with Crippen LogP contribution in [0.1, 0.15) is 115 Å². The molecule has 1 aromatic carbocycles. The lowest BCUT2D eigenvalue weighted by atomic mass is 9.68. The van der Waals surface area contributed by atoms with Gasteiger partial charge in [0.25, 0.3) is 0 Å². The molecule has 3 heteroatoms. The second-order valence-electron chi connectivity index (χ2n) is 11.0. The first-order chi connectivity index (χ1) is 16.8. The van der Waals surface area contributed by atoms with E-state index in [9.17, 15) is 0 Å². The molecule has 4 rings (SSSR count). The second-order valence-corrected chi connectivity index (χ2v) is 11.0. The first-order valence-electron chi connectivity index (χ1n) is 14.3. The van der Waals surface area contributed by atoms with Crippen molar-refractivity contribution in [3.05, 3.63) is 42.2 Å². The van der Waals surface area contributed by atoms with E-state index in [1.165, 1.54) is 82.6 Å². The van der Waals surface area contributed by atoms with Crippen LogP contribution in [0.15, 0.2) is 36.7 Å². The van der Waals surface area contributed by atoms with E-state index in [1.54, 1.807) is 12.4 Å². The van der Waals surface area contributed by atoms with Gasteiger partial charge in [0.1, 0.15) is 0 Å². The Morgan fingerprint density at radius 3 is 1.97 bits per heavy atom. The molecular weight excluding hydrogens is 416 g/mol. The van der Waals surface area contributed by atoms with Crippen LogP contribution in [-0.2, 0) is 0 Å². The fourth-order valence-corrected chi connectivity index (χ4v) is 6.33. The Morgan fingerprint density at radius 2 is 1.35 bits per heavy atom. The van der Waals surface area contributed by atoms with Crippen molar-refractivity contribution in [3.8, 4) is 17.1 Å². The van der Waals surface area contributed by atoms with E-state index in [1.807, 2.05) is 0 Å². The maximum atomic E-state index is 5.69. The van der Waals surface area contributed by atoms with Crippen molar-refractivity contribution in [1.82, 2.24) is 9.97 Å². The maximum absolute atomic E-state index is 5.69. The van der Waals surface area contributed by atoms with E-state index < -0.39 is 0 Å². The van der Waals surface area contributed by atoms with Crippen molar-refractivity contribution in [1.29, 1.82) is 0 Å². The van der Waals surface area contributed by atoms with Gasteiger partial charge in [-0.05, 0) is 74.2 Å². The Kier molecular flexibility index (Phi) is 9.83. The molecule has 0 aliphatic heterocycles. The van der Waals surface area contributed by atoms with Crippen molar-refractivity contribution in [2.75, 3.05) is 6.61 Å². The second kappa shape index (κ2) is 13.3. The molecule has 1 aromatic heterocycles. The van der Waals surface area contributed by atoms with Gasteiger partial charge in [-0.2, -0.15) is 0 Å². The molecule has 186 valence electrons. The number of ether oxygens (including phenoxy) is 1. The van der Waals surface area contributed by atoms with Crippen LogP contribution >= 0.6 is 0 Å². The van der Waals surface area contributed by atoms with Crippen LogP contribution in [0.4, 0.5) is 0 Å². The highest BCUT2D eigenvalue weighted by molar-refractivity contribution is 5.55. The number of unbranched alkanes of at least 4 members (excludes halogenated alkanes) is 3. The molecule has 0 bridgehead atoms. The normalized spacial score (nSPS) is 25.2. The molecule has 0 radical (unpaired) electrons. The van der Waals surface area contributed by atoms with Crippen molar-refractivity contribution in [3.63, 3.8) is 0 Å². The maximum Gasteiger partial charge on any atom is 0.159 e. The van der Waals surface area contributed by atoms with Crippen LogP contribution in [0.3, 0.4) is 0 Å². The molecule has 2 fully saturated rings. The quantitative estimate of drug-likeness (QED) is 0.312. The average molecular weight is 463 g/mol. The molecule has 1 heterocycles. The molecule has 2 aliphatic rings. The summed E-state index contributed by atoms with van der Waals surface area (Å²) in [5.74, 6) is 5.30. The Balaban J connectivity index is 1.22. The highest BCUT2D eigenvalue weighted by atomic mass is 16.5. The van der Waals surface area contributed by atoms with Crippen LogP contribution in [0.2, 0.25) is 0 Å². The van der Waals surface area contributed by atoms with Gasteiger partial charge in [0.15, 0.2) is 11.6 Å². The molecule has 0 unspecified atom stereocenters. The van der Waals surface area contributed by atoms with Gasteiger partial charge in [-0.25, -0.2) is 9.97 Å². The predicted octanol–water partition coefficient (Wildman–Crippen LogP) is 8.98. The van der Waals surface area contributed by atoms with Gasteiger partial charge < -0.3 is 4.74 Å². The monoisotopic (exact) mass is 462 g/mol. The van der Waals surface area contributed by atoms with E-state index in [-0.39, 0.29) is 0 Å². The third kappa shape index (κ3) is 7.06. The van der Waals surface area contributed by atoms with Gasteiger partial charge in [-0.15, -0.1) is 0 Å². The summed E-state index contributed by atoms with van der Waals surface area (Å²) in [6.45, 7) is 5.22. The zero-order valence-electron chi connectivity index (χ0n) is 21.7. The Hall–Kier alpha value is -1.90. The molecule has 0 saturated heterocycles. The minimum absolute atomic E-state index is 0.728. The van der Waals surface area contributed by atoms with E-state index >= 15 is 0 Å². The lowest BCUT2D eigenvalue weighted by Gasteiger charge is -2.38. The zero-order chi connectivity index (χ0) is 23.6. The van der Waals surface area contributed by atoms with Gasteiger partial charge in [0, 0.05) is 5.56 Å². The average Bonchev–Trinajstić information content (AvgIpc) is 2.90. The third-order valence-electron chi connectivity index (χ3n) is 8.58.